The van der Waals surface area contributed by atoms with Crippen LogP contribution in [-0.2, 0) is 0 Å². The number of halogens is 1. The first-order chi connectivity index (χ1) is 16.6. The number of rotatable bonds is 4. The molecule has 6 rings (SSSR count). The largest absolute Gasteiger partial charge is 0.376 e. The highest BCUT2D eigenvalue weighted by Crippen LogP contribution is 2.34. The fourth-order valence-corrected chi connectivity index (χ4v) is 4.14. The van der Waals surface area contributed by atoms with E-state index >= 15 is 0 Å². The van der Waals surface area contributed by atoms with Crippen LogP contribution in [0.15, 0.2) is 73.4 Å². The molecular formula is C26H20FN7. The molecule has 0 aliphatic carbocycles. The maximum atomic E-state index is 13.4. The van der Waals surface area contributed by atoms with Crippen molar-refractivity contribution in [2.45, 2.75) is 0 Å². The van der Waals surface area contributed by atoms with Crippen LogP contribution in [0.2, 0.25) is 0 Å². The molecule has 0 saturated carbocycles. The third-order valence-electron chi connectivity index (χ3n) is 5.95. The van der Waals surface area contributed by atoms with E-state index in [1.807, 2.05) is 43.7 Å². The molecule has 2 N–H and O–H groups in total. The molecule has 0 amide bonds. The molecule has 6 aromatic rings. The summed E-state index contributed by atoms with van der Waals surface area (Å²) in [5.74, 6) is -0.267. The van der Waals surface area contributed by atoms with Crippen molar-refractivity contribution in [3.63, 3.8) is 0 Å². The lowest BCUT2D eigenvalue weighted by Gasteiger charge is -2.12. The van der Waals surface area contributed by atoms with Crippen LogP contribution in [0.5, 0.6) is 0 Å². The molecule has 0 unspecified atom stereocenters. The molecule has 7 nitrogen and oxygen atoms in total. The second-order valence-corrected chi connectivity index (χ2v) is 8.36. The second kappa shape index (κ2) is 7.77. The van der Waals surface area contributed by atoms with Crippen LogP contribution in [-0.4, -0.2) is 44.2 Å². The molecule has 0 atom stereocenters. The van der Waals surface area contributed by atoms with Crippen molar-refractivity contribution in [2.75, 3.05) is 19.0 Å². The van der Waals surface area contributed by atoms with Gasteiger partial charge in [0.15, 0.2) is 5.65 Å². The van der Waals surface area contributed by atoms with E-state index in [1.165, 1.54) is 12.1 Å². The fraction of sp³-hybridized carbons (Fsp3) is 0.0769. The van der Waals surface area contributed by atoms with E-state index in [9.17, 15) is 4.39 Å². The number of hydrogen-bond donors (Lipinski definition) is 2. The molecule has 34 heavy (non-hydrogen) atoms. The molecule has 0 aliphatic rings. The van der Waals surface area contributed by atoms with Crippen molar-refractivity contribution in [1.82, 2.24) is 30.1 Å². The molecule has 0 fully saturated rings. The first-order valence-electron chi connectivity index (χ1n) is 10.8. The predicted molar refractivity (Wildman–Crippen MR) is 132 cm³/mol. The zero-order valence-electron chi connectivity index (χ0n) is 18.5. The first kappa shape index (κ1) is 20.0. The van der Waals surface area contributed by atoms with Crippen LogP contribution in [0.25, 0.3) is 55.6 Å². The minimum Gasteiger partial charge on any atom is -0.376 e. The maximum absolute atomic E-state index is 13.4. The minimum atomic E-state index is -0.267. The van der Waals surface area contributed by atoms with Crippen molar-refractivity contribution in [1.29, 1.82) is 0 Å². The van der Waals surface area contributed by atoms with Gasteiger partial charge in [0, 0.05) is 60.1 Å². The summed E-state index contributed by atoms with van der Waals surface area (Å²) in [6.07, 6.45) is 9.06. The SMILES string of the molecule is CN(C)c1cncc(-c2cnc3[nH]nc(-c4cc5c(-c6ccc(F)cc6)cncc5[nH]4)c3c2)c1. The van der Waals surface area contributed by atoms with Crippen molar-refractivity contribution >= 4 is 27.6 Å². The quantitative estimate of drug-likeness (QED) is 0.375. The molecule has 0 bridgehead atoms. The van der Waals surface area contributed by atoms with Crippen molar-refractivity contribution in [2.24, 2.45) is 0 Å². The Hall–Kier alpha value is -4.59. The monoisotopic (exact) mass is 449 g/mol. The summed E-state index contributed by atoms with van der Waals surface area (Å²) in [5.41, 5.74) is 7.95. The summed E-state index contributed by atoms with van der Waals surface area (Å²) in [7, 11) is 3.97. The van der Waals surface area contributed by atoms with Gasteiger partial charge in [-0.25, -0.2) is 9.37 Å². The Bertz CT molecular complexity index is 1650. The summed E-state index contributed by atoms with van der Waals surface area (Å²) < 4.78 is 13.4. The van der Waals surface area contributed by atoms with Gasteiger partial charge in [0.1, 0.15) is 11.5 Å². The zero-order valence-corrected chi connectivity index (χ0v) is 18.5. The highest BCUT2D eigenvalue weighted by atomic mass is 19.1. The molecule has 5 heterocycles. The highest BCUT2D eigenvalue weighted by molar-refractivity contribution is 6.00. The molecule has 0 saturated heterocycles. The Balaban J connectivity index is 1.47. The third kappa shape index (κ3) is 3.36. The number of nitrogens with one attached hydrogen (secondary N) is 2. The van der Waals surface area contributed by atoms with E-state index in [0.29, 0.717) is 5.65 Å². The molecule has 0 radical (unpaired) electrons. The fourth-order valence-electron chi connectivity index (χ4n) is 4.14. The van der Waals surface area contributed by atoms with Gasteiger partial charge in [-0.15, -0.1) is 0 Å². The predicted octanol–water partition coefficient (Wildman–Crippen LogP) is 5.44. The van der Waals surface area contributed by atoms with E-state index in [4.69, 9.17) is 0 Å². The van der Waals surface area contributed by atoms with Crippen LogP contribution in [0.3, 0.4) is 0 Å². The first-order valence-corrected chi connectivity index (χ1v) is 10.8. The number of aromatic amines is 2. The minimum absolute atomic E-state index is 0.267. The van der Waals surface area contributed by atoms with E-state index in [-0.39, 0.29) is 5.82 Å². The van der Waals surface area contributed by atoms with E-state index in [2.05, 4.69) is 42.3 Å². The lowest BCUT2D eigenvalue weighted by Crippen LogP contribution is -2.08. The standard InChI is InChI=1S/C26H20FN7/c1-34(2)19-7-16(10-28-12-19)17-8-21-25(32-33-26(21)30-11-17)23-9-20-22(13-29-14-24(20)31-23)15-3-5-18(27)6-4-15/h3-14,31H,1-2H3,(H,30,32,33). The van der Waals surface area contributed by atoms with Crippen LogP contribution >= 0.6 is 0 Å². The molecule has 5 aromatic heterocycles. The van der Waals surface area contributed by atoms with Crippen LogP contribution in [0.1, 0.15) is 0 Å². The van der Waals surface area contributed by atoms with Gasteiger partial charge in [-0.05, 0) is 35.9 Å². The van der Waals surface area contributed by atoms with Gasteiger partial charge in [0.25, 0.3) is 0 Å². The Kier molecular flexibility index (Phi) is 4.58. The van der Waals surface area contributed by atoms with Crippen LogP contribution in [0.4, 0.5) is 10.1 Å². The average Bonchev–Trinajstić information content (AvgIpc) is 3.48. The number of pyridine rings is 3. The summed E-state index contributed by atoms with van der Waals surface area (Å²) in [4.78, 5) is 18.8. The molecule has 166 valence electrons. The van der Waals surface area contributed by atoms with Gasteiger partial charge >= 0.3 is 0 Å². The molecule has 0 spiro atoms. The summed E-state index contributed by atoms with van der Waals surface area (Å²) >= 11 is 0. The van der Waals surface area contributed by atoms with Gasteiger partial charge in [0.2, 0.25) is 0 Å². The number of aromatic nitrogens is 6. The van der Waals surface area contributed by atoms with Gasteiger partial charge < -0.3 is 9.88 Å². The number of fused-ring (bicyclic) bond motifs is 2. The van der Waals surface area contributed by atoms with Gasteiger partial charge in [-0.2, -0.15) is 5.10 Å². The van der Waals surface area contributed by atoms with E-state index in [1.54, 1.807) is 24.5 Å². The normalized spacial score (nSPS) is 11.4. The topological polar surface area (TPSA) is 86.4 Å². The maximum Gasteiger partial charge on any atom is 0.155 e. The summed E-state index contributed by atoms with van der Waals surface area (Å²) in [6, 6.07) is 12.6. The Morgan fingerprint density at radius 2 is 1.59 bits per heavy atom. The Labute approximate surface area is 194 Å². The molecular weight excluding hydrogens is 429 g/mol. The van der Waals surface area contributed by atoms with E-state index < -0.39 is 0 Å². The van der Waals surface area contributed by atoms with Crippen molar-refractivity contribution in [3.05, 3.63) is 79.3 Å². The third-order valence-corrected chi connectivity index (χ3v) is 5.95. The van der Waals surface area contributed by atoms with Crippen molar-refractivity contribution in [3.8, 4) is 33.6 Å². The smallest absolute Gasteiger partial charge is 0.155 e. The zero-order chi connectivity index (χ0) is 23.2. The number of nitrogens with zero attached hydrogens (tertiary/aromatic N) is 5. The van der Waals surface area contributed by atoms with Crippen molar-refractivity contribution < 1.29 is 4.39 Å². The van der Waals surface area contributed by atoms with E-state index in [0.717, 1.165) is 55.6 Å². The number of benzene rings is 1. The average molecular weight is 449 g/mol. The highest BCUT2D eigenvalue weighted by Gasteiger charge is 2.15. The molecule has 0 aliphatic heterocycles. The van der Waals surface area contributed by atoms with Gasteiger partial charge in [0.05, 0.1) is 29.3 Å². The lowest BCUT2D eigenvalue weighted by atomic mass is 10.0. The number of anilines is 1. The van der Waals surface area contributed by atoms with Crippen LogP contribution < -0.4 is 4.90 Å². The van der Waals surface area contributed by atoms with Gasteiger partial charge in [-0.1, -0.05) is 12.1 Å². The number of H-pyrrole nitrogens is 2. The molecule has 1 aromatic carbocycles. The Morgan fingerprint density at radius 1 is 0.794 bits per heavy atom. The molecule has 8 heteroatoms. The lowest BCUT2D eigenvalue weighted by molar-refractivity contribution is 0.628. The van der Waals surface area contributed by atoms with Crippen LogP contribution in [0, 0.1) is 5.82 Å². The summed E-state index contributed by atoms with van der Waals surface area (Å²) in [5, 5.41) is 9.46. The summed E-state index contributed by atoms with van der Waals surface area (Å²) in [6.45, 7) is 0. The Morgan fingerprint density at radius 3 is 2.41 bits per heavy atom. The van der Waals surface area contributed by atoms with Gasteiger partial charge in [-0.3, -0.25) is 15.1 Å². The number of hydrogen-bond acceptors (Lipinski definition) is 5. The second-order valence-electron chi connectivity index (χ2n) is 8.36.